The Labute approximate surface area is 101 Å². The first-order valence-corrected chi connectivity index (χ1v) is 5.72. The van der Waals surface area contributed by atoms with E-state index in [1.54, 1.807) is 0 Å². The third-order valence-electron chi connectivity index (χ3n) is 3.20. The normalized spacial score (nSPS) is 10.9. The van der Waals surface area contributed by atoms with E-state index >= 15 is 0 Å². The highest BCUT2D eigenvalue weighted by Gasteiger charge is 2.06. The highest BCUT2D eigenvalue weighted by Crippen LogP contribution is 2.22. The quantitative estimate of drug-likeness (QED) is 0.437. The lowest BCUT2D eigenvalue weighted by molar-refractivity contribution is -0.671. The smallest absolute Gasteiger partial charge is 0.201 e. The van der Waals surface area contributed by atoms with Crippen molar-refractivity contribution in [1.82, 2.24) is 0 Å². The highest BCUT2D eigenvalue weighted by atomic mass is 14.9. The SMILES string of the molecule is C=Cc1cc2cc3ccccc3cc2c[n+]1C. The molecule has 3 aromatic rings. The van der Waals surface area contributed by atoms with E-state index in [-0.39, 0.29) is 0 Å². The minimum Gasteiger partial charge on any atom is -0.201 e. The van der Waals surface area contributed by atoms with Crippen LogP contribution in [-0.2, 0) is 7.05 Å². The van der Waals surface area contributed by atoms with Gasteiger partial charge in [0, 0.05) is 17.5 Å². The molecule has 0 aliphatic heterocycles. The van der Waals surface area contributed by atoms with E-state index in [0.29, 0.717) is 0 Å². The van der Waals surface area contributed by atoms with Crippen LogP contribution in [0.15, 0.2) is 55.2 Å². The second-order valence-electron chi connectivity index (χ2n) is 4.34. The molecule has 0 radical (unpaired) electrons. The monoisotopic (exact) mass is 220 g/mol. The van der Waals surface area contributed by atoms with Crippen molar-refractivity contribution in [3.63, 3.8) is 0 Å². The molecule has 0 aliphatic rings. The summed E-state index contributed by atoms with van der Waals surface area (Å²) in [7, 11) is 2.05. The second-order valence-corrected chi connectivity index (χ2v) is 4.34. The van der Waals surface area contributed by atoms with Crippen molar-refractivity contribution in [2.24, 2.45) is 7.05 Å². The first kappa shape index (κ1) is 10.0. The van der Waals surface area contributed by atoms with Crippen LogP contribution in [0.4, 0.5) is 0 Å². The Morgan fingerprint density at radius 2 is 1.59 bits per heavy atom. The minimum atomic E-state index is 1.13. The van der Waals surface area contributed by atoms with Crippen LogP contribution in [0, 0.1) is 0 Å². The Bertz CT molecular complexity index is 726. The number of rotatable bonds is 1. The van der Waals surface area contributed by atoms with Gasteiger partial charge in [0.25, 0.3) is 0 Å². The molecule has 0 fully saturated rings. The molecule has 82 valence electrons. The Morgan fingerprint density at radius 3 is 2.24 bits per heavy atom. The standard InChI is InChI=1S/C16H14N/c1-3-16-10-14-8-12-6-4-5-7-13(12)9-15(14)11-17(16)2/h3-11H,1H2,2H3/q+1. The molecule has 0 unspecified atom stereocenters. The maximum Gasteiger partial charge on any atom is 0.204 e. The Kier molecular flexibility index (Phi) is 2.19. The number of pyridine rings is 1. The summed E-state index contributed by atoms with van der Waals surface area (Å²) in [6.07, 6.45) is 4.04. The zero-order valence-electron chi connectivity index (χ0n) is 9.85. The summed E-state index contributed by atoms with van der Waals surface area (Å²) < 4.78 is 2.10. The van der Waals surface area contributed by atoms with Gasteiger partial charge < -0.3 is 0 Å². The van der Waals surface area contributed by atoms with Crippen molar-refractivity contribution >= 4 is 27.6 Å². The summed E-state index contributed by atoms with van der Waals surface area (Å²) in [4.78, 5) is 0. The summed E-state index contributed by atoms with van der Waals surface area (Å²) in [5.41, 5.74) is 1.13. The average molecular weight is 220 g/mol. The van der Waals surface area contributed by atoms with Gasteiger partial charge in [-0.2, -0.15) is 0 Å². The van der Waals surface area contributed by atoms with Crippen molar-refractivity contribution < 1.29 is 4.57 Å². The van der Waals surface area contributed by atoms with Crippen LogP contribution in [0.3, 0.4) is 0 Å². The lowest BCUT2D eigenvalue weighted by Crippen LogP contribution is -2.30. The molecule has 1 heterocycles. The molecular formula is C16H14N+. The van der Waals surface area contributed by atoms with E-state index in [1.807, 2.05) is 13.1 Å². The molecule has 2 aromatic carbocycles. The zero-order chi connectivity index (χ0) is 11.8. The van der Waals surface area contributed by atoms with Gasteiger partial charge in [-0.15, -0.1) is 0 Å². The fourth-order valence-corrected chi connectivity index (χ4v) is 2.26. The summed E-state index contributed by atoms with van der Waals surface area (Å²) >= 11 is 0. The molecule has 0 amide bonds. The third kappa shape index (κ3) is 1.60. The van der Waals surface area contributed by atoms with Crippen LogP contribution < -0.4 is 4.57 Å². The summed E-state index contributed by atoms with van der Waals surface area (Å²) in [5, 5.41) is 5.09. The minimum absolute atomic E-state index is 1.13. The van der Waals surface area contributed by atoms with Gasteiger partial charge in [0.2, 0.25) is 5.69 Å². The van der Waals surface area contributed by atoms with Gasteiger partial charge in [-0.25, -0.2) is 4.57 Å². The molecule has 0 saturated carbocycles. The van der Waals surface area contributed by atoms with Gasteiger partial charge >= 0.3 is 0 Å². The van der Waals surface area contributed by atoms with Crippen molar-refractivity contribution in [3.05, 3.63) is 60.9 Å². The number of benzene rings is 2. The molecule has 0 aliphatic carbocycles. The van der Waals surface area contributed by atoms with Crippen LogP contribution in [0.25, 0.3) is 27.6 Å². The number of nitrogens with zero attached hydrogens (tertiary/aromatic N) is 1. The fraction of sp³-hybridized carbons (Fsp3) is 0.0625. The van der Waals surface area contributed by atoms with Crippen molar-refractivity contribution in [3.8, 4) is 0 Å². The van der Waals surface area contributed by atoms with Crippen LogP contribution >= 0.6 is 0 Å². The largest absolute Gasteiger partial charge is 0.204 e. The molecular weight excluding hydrogens is 206 g/mol. The van der Waals surface area contributed by atoms with E-state index in [0.717, 1.165) is 5.69 Å². The zero-order valence-corrected chi connectivity index (χ0v) is 9.85. The molecule has 1 aromatic heterocycles. The van der Waals surface area contributed by atoms with Crippen LogP contribution in [0.5, 0.6) is 0 Å². The Hall–Kier alpha value is -2.15. The first-order valence-electron chi connectivity index (χ1n) is 5.72. The van der Waals surface area contributed by atoms with Crippen molar-refractivity contribution in [2.75, 3.05) is 0 Å². The second kappa shape index (κ2) is 3.70. The number of aromatic nitrogens is 1. The topological polar surface area (TPSA) is 3.88 Å². The molecule has 1 nitrogen and oxygen atoms in total. The van der Waals surface area contributed by atoms with Gasteiger partial charge in [0.1, 0.15) is 7.05 Å². The van der Waals surface area contributed by atoms with Crippen molar-refractivity contribution in [2.45, 2.75) is 0 Å². The maximum atomic E-state index is 3.84. The molecule has 0 atom stereocenters. The average Bonchev–Trinajstić information content (AvgIpc) is 2.35. The van der Waals surface area contributed by atoms with E-state index in [4.69, 9.17) is 0 Å². The van der Waals surface area contributed by atoms with Crippen molar-refractivity contribution in [1.29, 1.82) is 0 Å². The predicted molar refractivity (Wildman–Crippen MR) is 72.7 cm³/mol. The highest BCUT2D eigenvalue weighted by molar-refractivity contribution is 5.97. The summed E-state index contributed by atoms with van der Waals surface area (Å²) in [5.74, 6) is 0. The molecule has 0 N–H and O–H groups in total. The summed E-state index contributed by atoms with van der Waals surface area (Å²) in [6.45, 7) is 3.84. The fourth-order valence-electron chi connectivity index (χ4n) is 2.26. The number of fused-ring (bicyclic) bond motifs is 2. The van der Waals surface area contributed by atoms with Crippen LogP contribution in [0.1, 0.15) is 5.69 Å². The maximum absolute atomic E-state index is 3.84. The Morgan fingerprint density at radius 1 is 0.941 bits per heavy atom. The first-order chi connectivity index (χ1) is 8.28. The van der Waals surface area contributed by atoms with Gasteiger partial charge in [-0.05, 0) is 28.3 Å². The summed E-state index contributed by atoms with van der Waals surface area (Å²) in [6, 6.07) is 15.1. The molecule has 0 bridgehead atoms. The van der Waals surface area contributed by atoms with Gasteiger partial charge in [-0.1, -0.05) is 30.8 Å². The van der Waals surface area contributed by atoms with E-state index in [1.165, 1.54) is 21.5 Å². The number of hydrogen-bond donors (Lipinski definition) is 0. The van der Waals surface area contributed by atoms with E-state index in [9.17, 15) is 0 Å². The molecule has 3 rings (SSSR count). The van der Waals surface area contributed by atoms with Gasteiger partial charge in [0.05, 0.1) is 0 Å². The van der Waals surface area contributed by atoms with Gasteiger partial charge in [0.15, 0.2) is 6.20 Å². The number of hydrogen-bond acceptors (Lipinski definition) is 0. The molecule has 0 saturated heterocycles. The number of aryl methyl sites for hydroxylation is 1. The predicted octanol–water partition coefficient (Wildman–Crippen LogP) is 3.46. The van der Waals surface area contributed by atoms with E-state index in [2.05, 4.69) is 59.8 Å². The van der Waals surface area contributed by atoms with Crippen LogP contribution in [-0.4, -0.2) is 0 Å². The van der Waals surface area contributed by atoms with E-state index < -0.39 is 0 Å². The lowest BCUT2D eigenvalue weighted by atomic mass is 10.0. The van der Waals surface area contributed by atoms with Crippen LogP contribution in [0.2, 0.25) is 0 Å². The molecule has 1 heteroatoms. The molecule has 17 heavy (non-hydrogen) atoms. The lowest BCUT2D eigenvalue weighted by Gasteiger charge is -2.02. The molecule has 0 spiro atoms. The third-order valence-corrected chi connectivity index (χ3v) is 3.20. The Balaban J connectivity index is 2.43. The van der Waals surface area contributed by atoms with Gasteiger partial charge in [-0.3, -0.25) is 0 Å².